The lowest BCUT2D eigenvalue weighted by Crippen LogP contribution is -2.36. The van der Waals surface area contributed by atoms with Gasteiger partial charge in [-0.3, -0.25) is 9.89 Å². The van der Waals surface area contributed by atoms with Crippen LogP contribution in [0.5, 0.6) is 11.6 Å². The van der Waals surface area contributed by atoms with Crippen molar-refractivity contribution in [3.8, 4) is 11.6 Å². The zero-order valence-electron chi connectivity index (χ0n) is 23.4. The Kier molecular flexibility index (Phi) is 10.1. The van der Waals surface area contributed by atoms with Crippen LogP contribution in [0.2, 0.25) is 0 Å². The van der Waals surface area contributed by atoms with Gasteiger partial charge >= 0.3 is 0 Å². The molecule has 3 N–H and O–H groups in total. The Morgan fingerprint density at radius 2 is 1.73 bits per heavy atom. The molecule has 6 rings (SSSR count). The number of para-hydroxylation sites is 1. The molecule has 0 bridgehead atoms. The standard InChI is InChI=1S/C16H18N6O2.C11H13NO2.C2H6/c1-23-16-15(17-10-13(18-16)22-6-8-24-9-7-22)19-14-11-4-2-3-5-12(11)20-21-14;1-14-10-6-4-9(5-7-10)12-11(13)8-2-3-8;1-2/h2-5,10H,6-9H2,1H3,(H2,17,19,20,21);4-8H,2-3H2,1H3,(H,12,13);1-2H3. The van der Waals surface area contributed by atoms with Crippen molar-refractivity contribution in [1.29, 1.82) is 0 Å². The van der Waals surface area contributed by atoms with Crippen LogP contribution in [0.4, 0.5) is 23.1 Å². The highest BCUT2D eigenvalue weighted by Gasteiger charge is 2.29. The van der Waals surface area contributed by atoms with E-state index in [1.165, 1.54) is 0 Å². The molecule has 11 heteroatoms. The largest absolute Gasteiger partial charge is 0.497 e. The first-order valence-corrected chi connectivity index (χ1v) is 13.5. The maximum Gasteiger partial charge on any atom is 0.259 e. The lowest BCUT2D eigenvalue weighted by Gasteiger charge is -2.27. The Bertz CT molecular complexity index is 1370. The van der Waals surface area contributed by atoms with E-state index in [1.807, 2.05) is 62.4 Å². The molecule has 0 atom stereocenters. The van der Waals surface area contributed by atoms with Gasteiger partial charge in [0.1, 0.15) is 5.75 Å². The molecule has 2 aliphatic rings. The number of anilines is 4. The zero-order chi connectivity index (χ0) is 28.3. The van der Waals surface area contributed by atoms with Gasteiger partial charge in [0.25, 0.3) is 5.88 Å². The van der Waals surface area contributed by atoms with Gasteiger partial charge in [0.05, 0.1) is 39.1 Å². The lowest BCUT2D eigenvalue weighted by atomic mass is 10.2. The van der Waals surface area contributed by atoms with Crippen LogP contribution in [-0.2, 0) is 9.53 Å². The van der Waals surface area contributed by atoms with Crippen LogP contribution in [0.3, 0.4) is 0 Å². The molecule has 0 unspecified atom stereocenters. The normalized spacial score (nSPS) is 14.2. The predicted molar refractivity (Wildman–Crippen MR) is 157 cm³/mol. The second-order valence-corrected chi connectivity index (χ2v) is 8.92. The molecule has 2 aromatic heterocycles. The first kappa shape index (κ1) is 28.6. The summed E-state index contributed by atoms with van der Waals surface area (Å²) < 4.78 is 15.8. The summed E-state index contributed by atoms with van der Waals surface area (Å²) in [7, 11) is 3.21. The van der Waals surface area contributed by atoms with Crippen LogP contribution in [0, 0.1) is 5.92 Å². The van der Waals surface area contributed by atoms with E-state index < -0.39 is 0 Å². The summed E-state index contributed by atoms with van der Waals surface area (Å²) in [6.07, 6.45) is 3.80. The quantitative estimate of drug-likeness (QED) is 0.293. The predicted octanol–water partition coefficient (Wildman–Crippen LogP) is 5.01. The molecule has 2 aromatic carbocycles. The van der Waals surface area contributed by atoms with Crippen molar-refractivity contribution >= 4 is 40.0 Å². The first-order valence-electron chi connectivity index (χ1n) is 13.5. The van der Waals surface area contributed by atoms with Crippen molar-refractivity contribution < 1.29 is 19.0 Å². The van der Waals surface area contributed by atoms with Crippen molar-refractivity contribution in [2.24, 2.45) is 5.92 Å². The number of nitrogens with zero attached hydrogens (tertiary/aromatic N) is 4. The van der Waals surface area contributed by atoms with Crippen molar-refractivity contribution in [2.75, 3.05) is 56.1 Å². The minimum Gasteiger partial charge on any atom is -0.497 e. The Balaban J connectivity index is 0.000000197. The molecule has 0 spiro atoms. The van der Waals surface area contributed by atoms with E-state index in [1.54, 1.807) is 20.4 Å². The third-order valence-corrected chi connectivity index (χ3v) is 6.27. The highest BCUT2D eigenvalue weighted by Crippen LogP contribution is 2.30. The number of methoxy groups -OCH3 is 2. The van der Waals surface area contributed by atoms with Gasteiger partial charge in [-0.1, -0.05) is 26.0 Å². The third kappa shape index (κ3) is 7.38. The molecule has 3 heterocycles. The van der Waals surface area contributed by atoms with Gasteiger partial charge in [-0.2, -0.15) is 10.1 Å². The number of rotatable bonds is 7. The fourth-order valence-corrected chi connectivity index (χ4v) is 3.97. The SMILES string of the molecule is CC.COc1ccc(NC(=O)C2CC2)cc1.COc1nc(N2CCOCC2)cnc1Nc1n[nH]c2ccccc12. The lowest BCUT2D eigenvalue weighted by molar-refractivity contribution is -0.117. The van der Waals surface area contributed by atoms with Crippen LogP contribution in [-0.4, -0.2) is 66.6 Å². The third-order valence-electron chi connectivity index (χ3n) is 6.27. The van der Waals surface area contributed by atoms with Crippen molar-refractivity contribution in [2.45, 2.75) is 26.7 Å². The average molecular weight is 548 g/mol. The topological polar surface area (TPSA) is 127 Å². The number of hydrogen-bond acceptors (Lipinski definition) is 9. The van der Waals surface area contributed by atoms with Gasteiger partial charge < -0.3 is 29.7 Å². The molecule has 4 aromatic rings. The molecule has 1 aliphatic carbocycles. The summed E-state index contributed by atoms with van der Waals surface area (Å²) >= 11 is 0. The Morgan fingerprint density at radius 1 is 1.00 bits per heavy atom. The number of H-pyrrole nitrogens is 1. The van der Waals surface area contributed by atoms with Crippen LogP contribution < -0.4 is 25.0 Å². The molecule has 0 radical (unpaired) electrons. The van der Waals surface area contributed by atoms with Gasteiger partial charge in [0.2, 0.25) is 5.91 Å². The number of ether oxygens (including phenoxy) is 3. The van der Waals surface area contributed by atoms with Crippen molar-refractivity contribution in [3.63, 3.8) is 0 Å². The number of hydrogen-bond donors (Lipinski definition) is 3. The van der Waals surface area contributed by atoms with Crippen LogP contribution in [0.1, 0.15) is 26.7 Å². The minimum absolute atomic E-state index is 0.134. The maximum absolute atomic E-state index is 11.4. The number of morpholine rings is 1. The van der Waals surface area contributed by atoms with E-state index in [0.717, 1.165) is 54.1 Å². The number of benzene rings is 2. The molecular formula is C29H37N7O4. The van der Waals surface area contributed by atoms with E-state index in [2.05, 4.69) is 35.7 Å². The van der Waals surface area contributed by atoms with E-state index in [-0.39, 0.29) is 11.8 Å². The molecule has 1 saturated carbocycles. The summed E-state index contributed by atoms with van der Waals surface area (Å²) in [6, 6.07) is 15.2. The molecule has 212 valence electrons. The fourth-order valence-electron chi connectivity index (χ4n) is 3.97. The van der Waals surface area contributed by atoms with Gasteiger partial charge in [-0.25, -0.2) is 4.98 Å². The maximum atomic E-state index is 11.4. The number of carbonyl (C=O) groups excluding carboxylic acids is 1. The zero-order valence-corrected chi connectivity index (χ0v) is 23.4. The molecule has 2 fully saturated rings. The number of nitrogens with one attached hydrogen (secondary N) is 3. The van der Waals surface area contributed by atoms with Gasteiger partial charge in [-0.05, 0) is 49.2 Å². The van der Waals surface area contributed by atoms with Crippen molar-refractivity contribution in [3.05, 3.63) is 54.7 Å². The summed E-state index contributed by atoms with van der Waals surface area (Å²) in [5, 5.41) is 14.3. The summed E-state index contributed by atoms with van der Waals surface area (Å²) in [4.78, 5) is 22.6. The number of amides is 1. The summed E-state index contributed by atoms with van der Waals surface area (Å²) in [6.45, 7) is 7.00. The number of aromatic amines is 1. The Hall–Kier alpha value is -4.38. The van der Waals surface area contributed by atoms with Crippen LogP contribution in [0.15, 0.2) is 54.7 Å². The molecule has 1 amide bonds. The number of fused-ring (bicyclic) bond motifs is 1. The molecule has 1 aliphatic heterocycles. The molecule has 40 heavy (non-hydrogen) atoms. The van der Waals surface area contributed by atoms with E-state index in [4.69, 9.17) is 14.2 Å². The monoisotopic (exact) mass is 547 g/mol. The summed E-state index contributed by atoms with van der Waals surface area (Å²) in [5.74, 6) is 3.63. The highest BCUT2D eigenvalue weighted by molar-refractivity contribution is 5.94. The van der Waals surface area contributed by atoms with Gasteiger partial charge in [0, 0.05) is 30.1 Å². The fraction of sp³-hybridized carbons (Fsp3) is 0.379. The van der Waals surface area contributed by atoms with Crippen molar-refractivity contribution in [1.82, 2.24) is 20.2 Å². The highest BCUT2D eigenvalue weighted by atomic mass is 16.5. The van der Waals surface area contributed by atoms with Gasteiger partial charge in [0.15, 0.2) is 17.5 Å². The first-order chi connectivity index (χ1) is 19.6. The summed E-state index contributed by atoms with van der Waals surface area (Å²) in [5.41, 5.74) is 1.79. The average Bonchev–Trinajstić information content (AvgIpc) is 3.81. The second kappa shape index (κ2) is 14.1. The van der Waals surface area contributed by atoms with Crippen LogP contribution in [0.25, 0.3) is 10.9 Å². The van der Waals surface area contributed by atoms with E-state index in [9.17, 15) is 4.79 Å². The van der Waals surface area contributed by atoms with Gasteiger partial charge in [-0.15, -0.1) is 0 Å². The molecule has 1 saturated heterocycles. The molecular weight excluding hydrogens is 510 g/mol. The Labute approximate surface area is 234 Å². The second-order valence-electron chi connectivity index (χ2n) is 8.92. The minimum atomic E-state index is 0.134. The van der Waals surface area contributed by atoms with E-state index >= 15 is 0 Å². The van der Waals surface area contributed by atoms with E-state index in [0.29, 0.717) is 30.7 Å². The number of aromatic nitrogens is 4. The molecule has 11 nitrogen and oxygen atoms in total. The number of carbonyl (C=O) groups is 1. The van der Waals surface area contributed by atoms with Crippen LogP contribution >= 0.6 is 0 Å². The smallest absolute Gasteiger partial charge is 0.259 e. The Morgan fingerprint density at radius 3 is 2.40 bits per heavy atom.